The summed E-state index contributed by atoms with van der Waals surface area (Å²) in [5.41, 5.74) is 5.18. The number of hydrogen-bond acceptors (Lipinski definition) is 1. The third kappa shape index (κ3) is 4.72. The molecule has 0 aliphatic carbocycles. The Morgan fingerprint density at radius 2 is 1.50 bits per heavy atom. The van der Waals surface area contributed by atoms with E-state index in [-0.39, 0.29) is 11.3 Å². The molecule has 1 atom stereocenters. The maximum atomic E-state index is 12.4. The zero-order valence-corrected chi connectivity index (χ0v) is 20.2. The lowest BCUT2D eigenvalue weighted by Crippen LogP contribution is -2.29. The molecule has 1 unspecified atom stereocenters. The standard InChI is InChI=1S/C32H31NO/c1-24-19-20-28-15-11-12-18-30(28)31(24)32(4,23-27-13-7-5-8-14-27)25(2)21-22-33(26(3)34)29-16-9-6-10-17-29/h5-22H,2,23H2,1,3-4H3/b22-21+. The van der Waals surface area contributed by atoms with Gasteiger partial charge in [-0.3, -0.25) is 9.69 Å². The Morgan fingerprint density at radius 3 is 2.18 bits per heavy atom. The molecule has 0 aromatic heterocycles. The van der Waals surface area contributed by atoms with Crippen LogP contribution in [-0.2, 0) is 16.6 Å². The van der Waals surface area contributed by atoms with Gasteiger partial charge in [0.25, 0.3) is 0 Å². The summed E-state index contributed by atoms with van der Waals surface area (Å²) < 4.78 is 0. The molecule has 4 aromatic carbocycles. The lowest BCUT2D eigenvalue weighted by atomic mass is 9.69. The number of anilines is 1. The normalized spacial score (nSPS) is 13.0. The van der Waals surface area contributed by atoms with E-state index in [0.717, 1.165) is 17.7 Å². The smallest absolute Gasteiger partial charge is 0.227 e. The SMILES string of the molecule is C=C(/C=C/N(C(C)=O)c1ccccc1)C(C)(Cc1ccccc1)c1c(C)ccc2ccccc12. The van der Waals surface area contributed by atoms with Crippen molar-refractivity contribution < 1.29 is 4.79 Å². The van der Waals surface area contributed by atoms with Crippen LogP contribution in [0.4, 0.5) is 5.69 Å². The van der Waals surface area contributed by atoms with Gasteiger partial charge in [0, 0.05) is 24.2 Å². The number of fused-ring (bicyclic) bond motifs is 1. The quantitative estimate of drug-likeness (QED) is 0.266. The second-order valence-electron chi connectivity index (χ2n) is 9.04. The summed E-state index contributed by atoms with van der Waals surface area (Å²) in [5.74, 6) is -0.0404. The van der Waals surface area contributed by atoms with Crippen molar-refractivity contribution in [3.8, 4) is 0 Å². The van der Waals surface area contributed by atoms with Gasteiger partial charge in [0.2, 0.25) is 5.91 Å². The summed E-state index contributed by atoms with van der Waals surface area (Å²) in [6.45, 7) is 10.6. The fourth-order valence-electron chi connectivity index (χ4n) is 4.79. The van der Waals surface area contributed by atoms with Gasteiger partial charge in [0.15, 0.2) is 0 Å². The van der Waals surface area contributed by atoms with E-state index >= 15 is 0 Å². The van der Waals surface area contributed by atoms with Crippen molar-refractivity contribution >= 4 is 22.4 Å². The molecule has 4 aromatic rings. The molecular formula is C32H31NO. The first-order valence-electron chi connectivity index (χ1n) is 11.7. The molecule has 0 aliphatic heterocycles. The predicted molar refractivity (Wildman–Crippen MR) is 144 cm³/mol. The Labute approximate surface area is 202 Å². The van der Waals surface area contributed by atoms with Gasteiger partial charge in [-0.2, -0.15) is 0 Å². The molecule has 0 saturated heterocycles. The van der Waals surface area contributed by atoms with E-state index in [4.69, 9.17) is 0 Å². The Hall–Kier alpha value is -3.91. The Morgan fingerprint density at radius 1 is 0.882 bits per heavy atom. The summed E-state index contributed by atoms with van der Waals surface area (Å²) in [6.07, 6.45) is 4.65. The van der Waals surface area contributed by atoms with Crippen molar-refractivity contribution in [2.45, 2.75) is 32.6 Å². The molecule has 2 nitrogen and oxygen atoms in total. The number of allylic oxidation sites excluding steroid dienone is 2. The van der Waals surface area contributed by atoms with Crippen LogP contribution >= 0.6 is 0 Å². The van der Waals surface area contributed by atoms with E-state index in [1.165, 1.54) is 27.5 Å². The zero-order chi connectivity index (χ0) is 24.1. The molecule has 1 amide bonds. The molecule has 34 heavy (non-hydrogen) atoms. The molecule has 2 heteroatoms. The number of carbonyl (C=O) groups is 1. The highest BCUT2D eigenvalue weighted by Gasteiger charge is 2.32. The Balaban J connectivity index is 1.83. The van der Waals surface area contributed by atoms with E-state index in [9.17, 15) is 4.79 Å². The predicted octanol–water partition coefficient (Wildman–Crippen LogP) is 7.77. The molecule has 0 bridgehead atoms. The maximum Gasteiger partial charge on any atom is 0.227 e. The van der Waals surface area contributed by atoms with E-state index in [1.54, 1.807) is 11.8 Å². The summed E-state index contributed by atoms with van der Waals surface area (Å²) in [6, 6.07) is 33.2. The van der Waals surface area contributed by atoms with Crippen molar-refractivity contribution in [2.24, 2.45) is 0 Å². The second kappa shape index (κ2) is 9.93. The van der Waals surface area contributed by atoms with Crippen LogP contribution in [0.1, 0.15) is 30.5 Å². The number of hydrogen-bond donors (Lipinski definition) is 0. The van der Waals surface area contributed by atoms with E-state index in [0.29, 0.717) is 0 Å². The van der Waals surface area contributed by atoms with Gasteiger partial charge in [-0.25, -0.2) is 0 Å². The van der Waals surface area contributed by atoms with Crippen LogP contribution in [-0.4, -0.2) is 5.91 Å². The maximum absolute atomic E-state index is 12.4. The number of rotatable bonds is 7. The highest BCUT2D eigenvalue weighted by atomic mass is 16.2. The fraction of sp³-hybridized carbons (Fsp3) is 0.156. The van der Waals surface area contributed by atoms with Crippen LogP contribution in [0.15, 0.2) is 121 Å². The van der Waals surface area contributed by atoms with E-state index < -0.39 is 0 Å². The molecule has 0 radical (unpaired) electrons. The highest BCUT2D eigenvalue weighted by molar-refractivity contribution is 5.93. The molecule has 0 fully saturated rings. The molecule has 0 saturated carbocycles. The topological polar surface area (TPSA) is 20.3 Å². The van der Waals surface area contributed by atoms with Gasteiger partial charge in [-0.1, -0.05) is 98.4 Å². The largest absolute Gasteiger partial charge is 0.288 e. The minimum atomic E-state index is -0.373. The van der Waals surface area contributed by atoms with Gasteiger partial charge in [0.1, 0.15) is 0 Å². The molecule has 0 N–H and O–H groups in total. The molecule has 0 heterocycles. The van der Waals surface area contributed by atoms with Crippen LogP contribution in [0.2, 0.25) is 0 Å². The molecule has 0 spiro atoms. The zero-order valence-electron chi connectivity index (χ0n) is 20.2. The summed E-state index contributed by atoms with van der Waals surface area (Å²) in [4.78, 5) is 14.1. The van der Waals surface area contributed by atoms with Gasteiger partial charge in [-0.05, 0) is 64.6 Å². The van der Waals surface area contributed by atoms with Crippen molar-refractivity contribution in [3.05, 3.63) is 138 Å². The number of nitrogens with zero attached hydrogens (tertiary/aromatic N) is 1. The van der Waals surface area contributed by atoms with Crippen molar-refractivity contribution in [1.82, 2.24) is 0 Å². The Kier molecular flexibility index (Phi) is 6.79. The summed E-state index contributed by atoms with van der Waals surface area (Å²) in [7, 11) is 0. The van der Waals surface area contributed by atoms with Crippen LogP contribution in [0.25, 0.3) is 10.8 Å². The van der Waals surface area contributed by atoms with Gasteiger partial charge < -0.3 is 0 Å². The number of carbonyl (C=O) groups excluding carboxylic acids is 1. The summed E-state index contributed by atoms with van der Waals surface area (Å²) >= 11 is 0. The third-order valence-electron chi connectivity index (χ3n) is 6.60. The van der Waals surface area contributed by atoms with Crippen LogP contribution in [0.5, 0.6) is 0 Å². The third-order valence-corrected chi connectivity index (χ3v) is 6.60. The molecule has 0 aliphatic rings. The molecular weight excluding hydrogens is 414 g/mol. The van der Waals surface area contributed by atoms with Gasteiger partial charge >= 0.3 is 0 Å². The minimum absolute atomic E-state index is 0.0404. The average Bonchev–Trinajstić information content (AvgIpc) is 2.85. The first-order valence-corrected chi connectivity index (χ1v) is 11.7. The van der Waals surface area contributed by atoms with Crippen LogP contribution in [0, 0.1) is 6.92 Å². The minimum Gasteiger partial charge on any atom is -0.288 e. The monoisotopic (exact) mass is 445 g/mol. The van der Waals surface area contributed by atoms with E-state index in [1.807, 2.05) is 48.7 Å². The van der Waals surface area contributed by atoms with Gasteiger partial charge in [-0.15, -0.1) is 0 Å². The first-order chi connectivity index (χ1) is 16.4. The van der Waals surface area contributed by atoms with Crippen LogP contribution < -0.4 is 4.90 Å². The summed E-state index contributed by atoms with van der Waals surface area (Å²) in [5, 5.41) is 2.45. The number of benzene rings is 4. The second-order valence-corrected chi connectivity index (χ2v) is 9.04. The van der Waals surface area contributed by atoms with E-state index in [2.05, 4.69) is 81.1 Å². The fourth-order valence-corrected chi connectivity index (χ4v) is 4.79. The van der Waals surface area contributed by atoms with Crippen molar-refractivity contribution in [2.75, 3.05) is 4.90 Å². The first kappa shape index (κ1) is 23.3. The average molecular weight is 446 g/mol. The molecule has 170 valence electrons. The number of aryl methyl sites for hydroxylation is 1. The number of amides is 1. The van der Waals surface area contributed by atoms with Crippen molar-refractivity contribution in [3.63, 3.8) is 0 Å². The highest BCUT2D eigenvalue weighted by Crippen LogP contribution is 2.41. The lowest BCUT2D eigenvalue weighted by molar-refractivity contribution is -0.116. The molecule has 4 rings (SSSR count). The van der Waals surface area contributed by atoms with Crippen molar-refractivity contribution in [1.29, 1.82) is 0 Å². The number of para-hydroxylation sites is 1. The van der Waals surface area contributed by atoms with Crippen LogP contribution in [0.3, 0.4) is 0 Å². The lowest BCUT2D eigenvalue weighted by Gasteiger charge is -2.34. The van der Waals surface area contributed by atoms with Gasteiger partial charge in [0.05, 0.1) is 0 Å². The Bertz CT molecular complexity index is 1340.